The minimum atomic E-state index is -0.00759. The molecule has 0 aromatic heterocycles. The number of nitrogens with one attached hydrogen (secondary N) is 1. The maximum atomic E-state index is 11.6. The van der Waals surface area contributed by atoms with Gasteiger partial charge in [0.25, 0.3) is 0 Å². The third kappa shape index (κ3) is 3.07. The number of hydrogen-bond acceptors (Lipinski definition) is 2. The summed E-state index contributed by atoms with van der Waals surface area (Å²) in [7, 11) is 0. The monoisotopic (exact) mass is 219 g/mol. The second-order valence-corrected chi connectivity index (χ2v) is 4.06. The maximum absolute atomic E-state index is 11.6. The summed E-state index contributed by atoms with van der Waals surface area (Å²) in [5.74, 6) is 0.124. The number of carbonyl (C=O) groups excluding carboxylic acids is 1. The first-order chi connectivity index (χ1) is 7.86. The van der Waals surface area contributed by atoms with Gasteiger partial charge in [-0.05, 0) is 18.4 Å². The minimum absolute atomic E-state index is 0.00759. The lowest BCUT2D eigenvalue weighted by Gasteiger charge is -2.17. The van der Waals surface area contributed by atoms with Crippen LogP contribution in [0, 0.1) is 0 Å². The topological polar surface area (TPSA) is 38.3 Å². The fourth-order valence-electron chi connectivity index (χ4n) is 1.86. The van der Waals surface area contributed by atoms with Crippen molar-refractivity contribution in [2.45, 2.75) is 25.3 Å². The highest BCUT2D eigenvalue weighted by molar-refractivity contribution is 5.76. The van der Waals surface area contributed by atoms with Gasteiger partial charge in [0.2, 0.25) is 5.91 Å². The van der Waals surface area contributed by atoms with Gasteiger partial charge in [-0.25, -0.2) is 0 Å². The van der Waals surface area contributed by atoms with Crippen LogP contribution in [0.1, 0.15) is 30.9 Å². The van der Waals surface area contributed by atoms with Crippen LogP contribution in [0.3, 0.4) is 0 Å². The van der Waals surface area contributed by atoms with E-state index in [2.05, 4.69) is 5.32 Å². The van der Waals surface area contributed by atoms with Gasteiger partial charge in [0.1, 0.15) is 0 Å². The number of rotatable bonds is 1. The molecule has 0 saturated carbocycles. The van der Waals surface area contributed by atoms with E-state index in [9.17, 15) is 4.79 Å². The molecule has 1 heterocycles. The molecule has 3 heteroatoms. The van der Waals surface area contributed by atoms with Gasteiger partial charge in [0.05, 0.1) is 12.6 Å². The summed E-state index contributed by atoms with van der Waals surface area (Å²) in [6.07, 6.45) is 2.48. The zero-order chi connectivity index (χ0) is 11.2. The Morgan fingerprint density at radius 3 is 2.81 bits per heavy atom. The first-order valence-corrected chi connectivity index (χ1v) is 5.78. The van der Waals surface area contributed by atoms with E-state index in [-0.39, 0.29) is 11.9 Å². The largest absolute Gasteiger partial charge is 0.379 e. The molecule has 2 rings (SSSR count). The van der Waals surface area contributed by atoms with Crippen molar-refractivity contribution in [2.24, 2.45) is 0 Å². The fourth-order valence-corrected chi connectivity index (χ4v) is 1.86. The molecule has 3 nitrogen and oxygen atoms in total. The van der Waals surface area contributed by atoms with Gasteiger partial charge in [0.15, 0.2) is 0 Å². The summed E-state index contributed by atoms with van der Waals surface area (Å²) in [5, 5.41) is 3.01. The molecule has 0 bridgehead atoms. The van der Waals surface area contributed by atoms with Crippen molar-refractivity contribution in [3.8, 4) is 0 Å². The summed E-state index contributed by atoms with van der Waals surface area (Å²) in [6.45, 7) is 1.31. The molecule has 1 fully saturated rings. The summed E-state index contributed by atoms with van der Waals surface area (Å²) < 4.78 is 5.56. The Kier molecular flexibility index (Phi) is 3.94. The molecule has 1 aliphatic heterocycles. The Hall–Kier alpha value is -1.35. The highest BCUT2D eigenvalue weighted by Crippen LogP contribution is 2.15. The van der Waals surface area contributed by atoms with Crippen LogP contribution in [0.25, 0.3) is 0 Å². The van der Waals surface area contributed by atoms with Gasteiger partial charge >= 0.3 is 0 Å². The van der Waals surface area contributed by atoms with E-state index in [0.717, 1.165) is 25.0 Å². The van der Waals surface area contributed by atoms with Crippen molar-refractivity contribution in [1.82, 2.24) is 5.32 Å². The van der Waals surface area contributed by atoms with Crippen LogP contribution < -0.4 is 5.32 Å². The van der Waals surface area contributed by atoms with E-state index in [0.29, 0.717) is 13.0 Å². The average molecular weight is 219 g/mol. The Morgan fingerprint density at radius 2 is 2.00 bits per heavy atom. The molecule has 1 amide bonds. The molecule has 1 N–H and O–H groups in total. The number of hydrogen-bond donors (Lipinski definition) is 1. The second-order valence-electron chi connectivity index (χ2n) is 4.06. The van der Waals surface area contributed by atoms with Gasteiger partial charge in [-0.3, -0.25) is 4.79 Å². The van der Waals surface area contributed by atoms with E-state index >= 15 is 0 Å². The third-order valence-electron chi connectivity index (χ3n) is 2.76. The SMILES string of the molecule is O=C1CCCCOCC(c2ccccc2)N1. The molecule has 1 aliphatic rings. The van der Waals surface area contributed by atoms with Crippen molar-refractivity contribution in [2.75, 3.05) is 13.2 Å². The van der Waals surface area contributed by atoms with E-state index in [1.54, 1.807) is 0 Å². The molecule has 0 spiro atoms. The lowest BCUT2D eigenvalue weighted by molar-refractivity contribution is -0.122. The van der Waals surface area contributed by atoms with Gasteiger partial charge < -0.3 is 10.1 Å². The Balaban J connectivity index is 2.08. The molecular weight excluding hydrogens is 202 g/mol. The van der Waals surface area contributed by atoms with Crippen molar-refractivity contribution in [3.63, 3.8) is 0 Å². The predicted octanol–water partition coefficient (Wildman–Crippen LogP) is 2.04. The van der Waals surface area contributed by atoms with Crippen LogP contribution in [0.4, 0.5) is 0 Å². The van der Waals surface area contributed by atoms with Gasteiger partial charge in [0, 0.05) is 13.0 Å². The van der Waals surface area contributed by atoms with Crippen LogP contribution in [-0.2, 0) is 9.53 Å². The molecule has 16 heavy (non-hydrogen) atoms. The maximum Gasteiger partial charge on any atom is 0.220 e. The van der Waals surface area contributed by atoms with Crippen molar-refractivity contribution in [1.29, 1.82) is 0 Å². The quantitative estimate of drug-likeness (QED) is 0.785. The zero-order valence-electron chi connectivity index (χ0n) is 9.32. The standard InChI is InChI=1S/C13H17NO2/c15-13-8-4-5-9-16-10-12(14-13)11-6-2-1-3-7-11/h1-3,6-7,12H,4-5,8-10H2,(H,14,15). The third-order valence-corrected chi connectivity index (χ3v) is 2.76. The highest BCUT2D eigenvalue weighted by Gasteiger charge is 2.15. The van der Waals surface area contributed by atoms with Crippen molar-refractivity contribution < 1.29 is 9.53 Å². The van der Waals surface area contributed by atoms with Crippen molar-refractivity contribution in [3.05, 3.63) is 35.9 Å². The number of amides is 1. The molecule has 1 unspecified atom stereocenters. The Morgan fingerprint density at radius 1 is 1.19 bits per heavy atom. The number of benzene rings is 1. The smallest absolute Gasteiger partial charge is 0.220 e. The van der Waals surface area contributed by atoms with E-state index < -0.39 is 0 Å². The lowest BCUT2D eigenvalue weighted by Crippen LogP contribution is -2.30. The molecule has 1 aromatic carbocycles. The highest BCUT2D eigenvalue weighted by atomic mass is 16.5. The Bertz CT molecular complexity index is 337. The summed E-state index contributed by atoms with van der Waals surface area (Å²) in [4.78, 5) is 11.6. The van der Waals surface area contributed by atoms with Crippen LogP contribution in [0.2, 0.25) is 0 Å². The van der Waals surface area contributed by atoms with Crippen LogP contribution in [0.15, 0.2) is 30.3 Å². The summed E-state index contributed by atoms with van der Waals surface area (Å²) >= 11 is 0. The molecule has 0 radical (unpaired) electrons. The molecule has 86 valence electrons. The fraction of sp³-hybridized carbons (Fsp3) is 0.462. The van der Waals surface area contributed by atoms with Crippen LogP contribution in [0.5, 0.6) is 0 Å². The van der Waals surface area contributed by atoms with Crippen molar-refractivity contribution >= 4 is 5.91 Å². The van der Waals surface area contributed by atoms with Crippen LogP contribution in [-0.4, -0.2) is 19.1 Å². The average Bonchev–Trinajstić information content (AvgIpc) is 2.42. The summed E-state index contributed by atoms with van der Waals surface area (Å²) in [6, 6.07) is 9.97. The summed E-state index contributed by atoms with van der Waals surface area (Å²) in [5.41, 5.74) is 1.11. The molecule has 1 saturated heterocycles. The van der Waals surface area contributed by atoms with Gasteiger partial charge in [-0.2, -0.15) is 0 Å². The van der Waals surface area contributed by atoms with E-state index in [1.807, 2.05) is 30.3 Å². The molecular formula is C13H17NO2. The van der Waals surface area contributed by atoms with Crippen LogP contribution >= 0.6 is 0 Å². The number of carbonyl (C=O) groups is 1. The first-order valence-electron chi connectivity index (χ1n) is 5.78. The molecule has 1 atom stereocenters. The normalized spacial score (nSPS) is 22.8. The zero-order valence-corrected chi connectivity index (χ0v) is 9.32. The second kappa shape index (κ2) is 5.66. The lowest BCUT2D eigenvalue weighted by atomic mass is 10.1. The predicted molar refractivity (Wildman–Crippen MR) is 62.0 cm³/mol. The van der Waals surface area contributed by atoms with Gasteiger partial charge in [-0.15, -0.1) is 0 Å². The van der Waals surface area contributed by atoms with E-state index in [1.165, 1.54) is 0 Å². The number of ether oxygens (including phenoxy) is 1. The molecule has 0 aliphatic carbocycles. The minimum Gasteiger partial charge on any atom is -0.379 e. The Labute approximate surface area is 95.8 Å². The first kappa shape index (κ1) is 11.1. The van der Waals surface area contributed by atoms with Gasteiger partial charge in [-0.1, -0.05) is 30.3 Å². The molecule has 1 aromatic rings. The van der Waals surface area contributed by atoms with E-state index in [4.69, 9.17) is 4.74 Å².